The Morgan fingerprint density at radius 2 is 2.25 bits per heavy atom. The molecule has 0 amide bonds. The smallest absolute Gasteiger partial charge is 1.00 e. The van der Waals surface area contributed by atoms with Crippen molar-refractivity contribution in [2.24, 2.45) is 0 Å². The summed E-state index contributed by atoms with van der Waals surface area (Å²) in [6.07, 6.45) is 9.78. The first-order valence-corrected chi connectivity index (χ1v) is 3.56. The zero-order valence-corrected chi connectivity index (χ0v) is 9.18. The van der Waals surface area contributed by atoms with Gasteiger partial charge >= 0.3 is 23.1 Å². The first kappa shape index (κ1) is 15.0. The van der Waals surface area contributed by atoms with E-state index in [4.69, 9.17) is 15.9 Å². The number of rotatable bonds is 2. The van der Waals surface area contributed by atoms with Crippen molar-refractivity contribution in [2.45, 2.75) is 25.6 Å². The molecule has 4 heteroatoms. The molecule has 0 aromatic heterocycles. The Balaban J connectivity index is 0. The summed E-state index contributed by atoms with van der Waals surface area (Å²) in [7, 11) is 0. The van der Waals surface area contributed by atoms with Gasteiger partial charge in [0.05, 0.1) is 6.61 Å². The second kappa shape index (κ2) is 9.62. The van der Waals surface area contributed by atoms with Gasteiger partial charge in [0.1, 0.15) is 0 Å². The SMILES string of the molecule is [C-]#CCOC1CCCCO1.[Cl-].[Mg+2]. The Morgan fingerprint density at radius 1 is 1.50 bits per heavy atom. The number of halogens is 1. The van der Waals surface area contributed by atoms with Crippen LogP contribution in [0.3, 0.4) is 0 Å². The molecule has 1 unspecified atom stereocenters. The van der Waals surface area contributed by atoms with Gasteiger partial charge in [0.15, 0.2) is 6.29 Å². The molecule has 1 heterocycles. The van der Waals surface area contributed by atoms with Crippen LogP contribution >= 0.6 is 0 Å². The molecule has 0 N–H and O–H groups in total. The van der Waals surface area contributed by atoms with Gasteiger partial charge < -0.3 is 34.2 Å². The second-order valence-corrected chi connectivity index (χ2v) is 2.28. The number of ether oxygens (including phenoxy) is 2. The van der Waals surface area contributed by atoms with Crippen molar-refractivity contribution in [3.8, 4) is 5.92 Å². The van der Waals surface area contributed by atoms with Crippen molar-refractivity contribution in [3.05, 3.63) is 6.42 Å². The largest absolute Gasteiger partial charge is 2.00 e. The van der Waals surface area contributed by atoms with Crippen molar-refractivity contribution in [2.75, 3.05) is 13.2 Å². The molecule has 0 aromatic rings. The zero-order chi connectivity index (χ0) is 7.23. The summed E-state index contributed by atoms with van der Waals surface area (Å²) in [4.78, 5) is 0. The van der Waals surface area contributed by atoms with Crippen LogP contribution < -0.4 is 12.4 Å². The van der Waals surface area contributed by atoms with Crippen LogP contribution in [0.2, 0.25) is 0 Å². The van der Waals surface area contributed by atoms with Crippen molar-refractivity contribution < 1.29 is 21.9 Å². The van der Waals surface area contributed by atoms with E-state index in [1.54, 1.807) is 0 Å². The summed E-state index contributed by atoms with van der Waals surface area (Å²) in [5.41, 5.74) is 0. The van der Waals surface area contributed by atoms with Crippen molar-refractivity contribution in [1.82, 2.24) is 0 Å². The molecular weight excluding hydrogens is 188 g/mol. The van der Waals surface area contributed by atoms with E-state index in [1.807, 2.05) is 0 Å². The average Bonchev–Trinajstić information content (AvgIpc) is 2.03. The maximum Gasteiger partial charge on any atom is 2.00 e. The normalized spacial score (nSPS) is 21.4. The molecule has 0 spiro atoms. The van der Waals surface area contributed by atoms with Crippen LogP contribution in [0.25, 0.3) is 0 Å². The van der Waals surface area contributed by atoms with Crippen LogP contribution in [0.4, 0.5) is 0 Å². The first-order chi connectivity index (χ1) is 4.93. The summed E-state index contributed by atoms with van der Waals surface area (Å²) in [5, 5.41) is 0. The van der Waals surface area contributed by atoms with E-state index < -0.39 is 0 Å². The van der Waals surface area contributed by atoms with Crippen LogP contribution in [0.1, 0.15) is 19.3 Å². The minimum Gasteiger partial charge on any atom is -1.00 e. The van der Waals surface area contributed by atoms with Gasteiger partial charge in [-0.15, -0.1) is 0 Å². The fraction of sp³-hybridized carbons (Fsp3) is 0.750. The molecule has 1 fully saturated rings. The Bertz CT molecular complexity index is 130. The Morgan fingerprint density at radius 3 is 2.75 bits per heavy atom. The molecule has 1 saturated heterocycles. The third kappa shape index (κ3) is 6.10. The van der Waals surface area contributed by atoms with Crippen molar-refractivity contribution in [1.29, 1.82) is 0 Å². The van der Waals surface area contributed by atoms with Crippen LogP contribution in [0.15, 0.2) is 0 Å². The van der Waals surface area contributed by atoms with Gasteiger partial charge in [0.2, 0.25) is 0 Å². The molecule has 1 aliphatic heterocycles. The van der Waals surface area contributed by atoms with E-state index in [1.165, 1.54) is 6.42 Å². The van der Waals surface area contributed by atoms with Crippen LogP contribution in [0.5, 0.6) is 0 Å². The molecule has 1 atom stereocenters. The van der Waals surface area contributed by atoms with Gasteiger partial charge in [0.25, 0.3) is 0 Å². The maximum atomic E-state index is 6.59. The van der Waals surface area contributed by atoms with Gasteiger partial charge in [-0.25, -0.2) is 0 Å². The predicted octanol–water partition coefficient (Wildman–Crippen LogP) is -2.26. The molecule has 12 heavy (non-hydrogen) atoms. The minimum atomic E-state index is -0.0772. The van der Waals surface area contributed by atoms with Gasteiger partial charge in [-0.05, 0) is 19.3 Å². The predicted molar refractivity (Wildman–Crippen MR) is 42.4 cm³/mol. The van der Waals surface area contributed by atoms with Crippen molar-refractivity contribution in [3.63, 3.8) is 0 Å². The van der Waals surface area contributed by atoms with E-state index in [-0.39, 0.29) is 48.4 Å². The molecule has 0 radical (unpaired) electrons. The van der Waals surface area contributed by atoms with E-state index in [0.29, 0.717) is 0 Å². The van der Waals surface area contributed by atoms with Crippen molar-refractivity contribution >= 4 is 23.1 Å². The summed E-state index contributed by atoms with van der Waals surface area (Å²) in [6.45, 7) is 1.05. The maximum absolute atomic E-state index is 6.59. The summed E-state index contributed by atoms with van der Waals surface area (Å²) >= 11 is 0. The summed E-state index contributed by atoms with van der Waals surface area (Å²) in [5.74, 6) is 2.16. The van der Waals surface area contributed by atoms with Crippen LogP contribution in [-0.4, -0.2) is 42.6 Å². The number of hydrogen-bond acceptors (Lipinski definition) is 2. The quantitative estimate of drug-likeness (QED) is 0.284. The van der Waals surface area contributed by atoms with Gasteiger partial charge in [0, 0.05) is 6.61 Å². The van der Waals surface area contributed by atoms with Gasteiger partial charge in [-0.2, -0.15) is 0 Å². The van der Waals surface area contributed by atoms with E-state index in [0.717, 1.165) is 19.4 Å². The molecule has 64 valence electrons. The van der Waals surface area contributed by atoms with Crippen LogP contribution in [0, 0.1) is 12.3 Å². The van der Waals surface area contributed by atoms with Crippen LogP contribution in [-0.2, 0) is 9.47 Å². The second-order valence-electron chi connectivity index (χ2n) is 2.28. The Kier molecular flexibility index (Phi) is 12.1. The molecular formula is C8H11ClMgO2. The fourth-order valence-electron chi connectivity index (χ4n) is 0.977. The summed E-state index contributed by atoms with van der Waals surface area (Å²) in [6, 6.07) is 0. The molecule has 2 nitrogen and oxygen atoms in total. The third-order valence-corrected chi connectivity index (χ3v) is 1.48. The molecule has 0 saturated carbocycles. The standard InChI is InChI=1S/C8H11O2.ClH.Mg/c1-2-6-9-8-5-3-4-7-10-8;;/h8H,3-7H2;1H;/q-1;;+2/p-1. The van der Waals surface area contributed by atoms with Gasteiger partial charge in [-0.1, -0.05) is 0 Å². The molecule has 1 rings (SSSR count). The topological polar surface area (TPSA) is 18.5 Å². The average molecular weight is 199 g/mol. The molecule has 0 aromatic carbocycles. The van der Waals surface area contributed by atoms with E-state index >= 15 is 0 Å². The molecule has 1 aliphatic rings. The Hall–Kier alpha value is 0.536. The monoisotopic (exact) mass is 198 g/mol. The Labute approximate surface area is 95.9 Å². The van der Waals surface area contributed by atoms with E-state index in [2.05, 4.69) is 5.92 Å². The molecule has 0 aliphatic carbocycles. The van der Waals surface area contributed by atoms with Gasteiger partial charge in [-0.3, -0.25) is 0 Å². The minimum absolute atomic E-state index is 0. The van der Waals surface area contributed by atoms with E-state index in [9.17, 15) is 0 Å². The molecule has 0 bridgehead atoms. The number of hydrogen-bond donors (Lipinski definition) is 0. The third-order valence-electron chi connectivity index (χ3n) is 1.48. The summed E-state index contributed by atoms with van der Waals surface area (Å²) < 4.78 is 10.3. The fourth-order valence-corrected chi connectivity index (χ4v) is 0.977. The first-order valence-electron chi connectivity index (χ1n) is 3.56. The zero-order valence-electron chi connectivity index (χ0n) is 7.01.